The zero-order chi connectivity index (χ0) is 43.0. The van der Waals surface area contributed by atoms with Gasteiger partial charge in [0.1, 0.15) is 4.83 Å². The highest BCUT2D eigenvalue weighted by Crippen LogP contribution is 2.50. The number of hydrogen-bond acceptors (Lipinski definition) is 4. The van der Waals surface area contributed by atoms with Crippen molar-refractivity contribution in [3.63, 3.8) is 0 Å². The molecule has 15 rings (SSSR count). The number of hydrogen-bond donors (Lipinski definition) is 0. The van der Waals surface area contributed by atoms with Crippen molar-refractivity contribution < 1.29 is 0 Å². The first kappa shape index (κ1) is 36.2. The van der Waals surface area contributed by atoms with E-state index in [-0.39, 0.29) is 0 Å². The standard InChI is InChI=1S/C60H34N4S2/c1-4-20-39-35(15-1)18-13-26-40(39)37-31-32-49-46(33-37)54-56(43-23-7-6-22-42(43)53-44-24-8-11-29-51(44)65-57(53)54)64(49)59-55-45-25-9-12-30-52(45)66-60(55)62-58(61-59)50-34-38-17-3-10-27-47(38)63(50)48-28-14-19-36-16-2-5-21-41(36)48/h1-34H. The molecule has 0 amide bonds. The Morgan fingerprint density at radius 1 is 0.379 bits per heavy atom. The summed E-state index contributed by atoms with van der Waals surface area (Å²) in [6, 6.07) is 75.2. The van der Waals surface area contributed by atoms with Gasteiger partial charge in [0, 0.05) is 57.2 Å². The fourth-order valence-electron chi connectivity index (χ4n) is 10.9. The highest BCUT2D eigenvalue weighted by atomic mass is 32.1. The van der Waals surface area contributed by atoms with Crippen LogP contribution in [0.15, 0.2) is 206 Å². The van der Waals surface area contributed by atoms with Crippen LogP contribution in [0.2, 0.25) is 0 Å². The summed E-state index contributed by atoms with van der Waals surface area (Å²) in [4.78, 5) is 12.4. The molecule has 0 unspecified atom stereocenters. The molecule has 10 aromatic carbocycles. The molecule has 0 bridgehead atoms. The van der Waals surface area contributed by atoms with Crippen LogP contribution >= 0.6 is 22.7 Å². The van der Waals surface area contributed by atoms with Crippen molar-refractivity contribution in [2.75, 3.05) is 0 Å². The minimum absolute atomic E-state index is 0.683. The first-order chi connectivity index (χ1) is 32.7. The van der Waals surface area contributed by atoms with Crippen LogP contribution in [-0.4, -0.2) is 19.1 Å². The molecule has 0 saturated heterocycles. The molecule has 0 radical (unpaired) electrons. The summed E-state index contributed by atoms with van der Waals surface area (Å²) in [7, 11) is 0. The smallest absolute Gasteiger partial charge is 0.180 e. The molecular formula is C60H34N4S2. The molecular weight excluding hydrogens is 841 g/mol. The largest absolute Gasteiger partial charge is 0.306 e. The van der Waals surface area contributed by atoms with Gasteiger partial charge in [-0.3, -0.25) is 4.57 Å². The second-order valence-corrected chi connectivity index (χ2v) is 19.3. The topological polar surface area (TPSA) is 35.6 Å². The summed E-state index contributed by atoms with van der Waals surface area (Å²) >= 11 is 3.64. The number of benzene rings is 10. The minimum atomic E-state index is 0.683. The van der Waals surface area contributed by atoms with Crippen LogP contribution in [0.5, 0.6) is 0 Å². The van der Waals surface area contributed by atoms with Crippen molar-refractivity contribution >= 4 is 128 Å². The molecule has 306 valence electrons. The van der Waals surface area contributed by atoms with Gasteiger partial charge in [0.05, 0.1) is 33.3 Å². The molecule has 0 aliphatic carbocycles. The van der Waals surface area contributed by atoms with Gasteiger partial charge in [-0.2, -0.15) is 0 Å². The van der Waals surface area contributed by atoms with Gasteiger partial charge in [-0.1, -0.05) is 164 Å². The van der Waals surface area contributed by atoms with Gasteiger partial charge in [0.25, 0.3) is 0 Å². The maximum Gasteiger partial charge on any atom is 0.180 e. The average Bonchev–Trinajstić information content (AvgIpc) is 4.15. The monoisotopic (exact) mass is 874 g/mol. The lowest BCUT2D eigenvalue weighted by atomic mass is 9.96. The molecule has 0 N–H and O–H groups in total. The molecule has 0 aliphatic heterocycles. The Labute approximate surface area is 385 Å². The molecule has 66 heavy (non-hydrogen) atoms. The number of nitrogens with zero attached hydrogens (tertiary/aromatic N) is 4. The predicted octanol–water partition coefficient (Wildman–Crippen LogP) is 17.0. The molecule has 5 aromatic heterocycles. The van der Waals surface area contributed by atoms with Crippen LogP contribution in [0, 0.1) is 0 Å². The van der Waals surface area contributed by atoms with E-state index in [1.54, 1.807) is 11.3 Å². The third kappa shape index (κ3) is 5.02. The summed E-state index contributed by atoms with van der Waals surface area (Å²) in [5.41, 5.74) is 7.84. The number of fused-ring (bicyclic) bond motifs is 16. The zero-order valence-corrected chi connectivity index (χ0v) is 36.9. The van der Waals surface area contributed by atoms with Crippen LogP contribution in [0.3, 0.4) is 0 Å². The fourth-order valence-corrected chi connectivity index (χ4v) is 13.2. The Hall–Kier alpha value is -8.16. The van der Waals surface area contributed by atoms with Crippen molar-refractivity contribution in [1.82, 2.24) is 19.1 Å². The molecule has 0 spiro atoms. The average molecular weight is 875 g/mol. The normalized spacial score (nSPS) is 12.2. The Balaban J connectivity index is 1.13. The van der Waals surface area contributed by atoms with E-state index in [1.807, 2.05) is 11.3 Å². The second kappa shape index (κ2) is 13.7. The van der Waals surface area contributed by atoms with E-state index in [2.05, 4.69) is 215 Å². The van der Waals surface area contributed by atoms with Gasteiger partial charge in [-0.05, 0) is 75.1 Å². The summed E-state index contributed by atoms with van der Waals surface area (Å²) < 4.78 is 8.62. The Morgan fingerprint density at radius 2 is 1.00 bits per heavy atom. The minimum Gasteiger partial charge on any atom is -0.306 e. The van der Waals surface area contributed by atoms with Crippen molar-refractivity contribution in [3.8, 4) is 34.2 Å². The van der Waals surface area contributed by atoms with Crippen molar-refractivity contribution in [2.45, 2.75) is 0 Å². The third-order valence-electron chi connectivity index (χ3n) is 13.7. The first-order valence-electron chi connectivity index (χ1n) is 22.3. The molecule has 0 atom stereocenters. The van der Waals surface area contributed by atoms with E-state index in [1.165, 1.54) is 79.1 Å². The SMILES string of the molecule is c1ccc2c(-c3ccc4c(c3)c3c5sc6ccccc6c5c5ccccc5c3n4-c3nc(-c4cc5ccccc5n4-c4cccc5ccccc45)nc4sc5ccccc5c34)cccc2c1. The van der Waals surface area contributed by atoms with Crippen LogP contribution in [0.1, 0.15) is 0 Å². The molecule has 6 heteroatoms. The van der Waals surface area contributed by atoms with Gasteiger partial charge in [-0.25, -0.2) is 9.97 Å². The number of aromatic nitrogens is 4. The highest BCUT2D eigenvalue weighted by molar-refractivity contribution is 7.27. The van der Waals surface area contributed by atoms with Gasteiger partial charge < -0.3 is 4.57 Å². The predicted molar refractivity (Wildman–Crippen MR) is 282 cm³/mol. The fraction of sp³-hybridized carbons (Fsp3) is 0. The van der Waals surface area contributed by atoms with E-state index in [4.69, 9.17) is 9.97 Å². The Morgan fingerprint density at radius 3 is 1.82 bits per heavy atom. The van der Waals surface area contributed by atoms with Crippen LogP contribution < -0.4 is 0 Å². The Kier molecular flexibility index (Phi) is 7.50. The van der Waals surface area contributed by atoms with Crippen molar-refractivity contribution in [2.24, 2.45) is 0 Å². The molecule has 15 aromatic rings. The first-order valence-corrected chi connectivity index (χ1v) is 24.0. The van der Waals surface area contributed by atoms with Crippen LogP contribution in [0.25, 0.3) is 140 Å². The number of thiophene rings is 2. The summed E-state index contributed by atoms with van der Waals surface area (Å²) in [6.07, 6.45) is 0. The van der Waals surface area contributed by atoms with E-state index in [9.17, 15) is 0 Å². The molecule has 0 fully saturated rings. The van der Waals surface area contributed by atoms with Crippen LogP contribution in [0.4, 0.5) is 0 Å². The number of rotatable bonds is 4. The van der Waals surface area contributed by atoms with Gasteiger partial charge in [-0.15, -0.1) is 22.7 Å². The summed E-state index contributed by atoms with van der Waals surface area (Å²) in [5.74, 6) is 1.56. The maximum absolute atomic E-state index is 5.89. The maximum atomic E-state index is 5.89. The molecule has 0 aliphatic rings. The van der Waals surface area contributed by atoms with Crippen molar-refractivity contribution in [1.29, 1.82) is 0 Å². The van der Waals surface area contributed by atoms with E-state index < -0.39 is 0 Å². The summed E-state index contributed by atoms with van der Waals surface area (Å²) in [6.45, 7) is 0. The van der Waals surface area contributed by atoms with Crippen LogP contribution in [-0.2, 0) is 0 Å². The molecule has 4 nitrogen and oxygen atoms in total. The molecule has 0 saturated carbocycles. The highest BCUT2D eigenvalue weighted by Gasteiger charge is 2.27. The number of para-hydroxylation sites is 1. The van der Waals surface area contributed by atoms with E-state index in [0.717, 1.165) is 54.7 Å². The van der Waals surface area contributed by atoms with Gasteiger partial charge in [0.15, 0.2) is 11.6 Å². The summed E-state index contributed by atoms with van der Waals surface area (Å²) in [5, 5.41) is 15.7. The van der Waals surface area contributed by atoms with E-state index >= 15 is 0 Å². The lowest BCUT2D eigenvalue weighted by Gasteiger charge is -2.16. The second-order valence-electron chi connectivity index (χ2n) is 17.2. The van der Waals surface area contributed by atoms with Crippen molar-refractivity contribution in [3.05, 3.63) is 206 Å². The lowest BCUT2D eigenvalue weighted by Crippen LogP contribution is -2.05. The third-order valence-corrected chi connectivity index (χ3v) is 16.0. The van der Waals surface area contributed by atoms with Gasteiger partial charge >= 0.3 is 0 Å². The Bertz CT molecular complexity index is 4530. The molecule has 5 heterocycles. The lowest BCUT2D eigenvalue weighted by molar-refractivity contribution is 1.05. The quantitative estimate of drug-likeness (QED) is 0.177. The van der Waals surface area contributed by atoms with Gasteiger partial charge in [0.2, 0.25) is 0 Å². The zero-order valence-electron chi connectivity index (χ0n) is 35.2. The van der Waals surface area contributed by atoms with E-state index in [0.29, 0.717) is 5.82 Å².